The number of allylic oxidation sites excluding steroid dienone is 1. The van der Waals surface area contributed by atoms with Crippen LogP contribution < -0.4 is 24.0 Å². The maximum atomic E-state index is 12.4. The van der Waals surface area contributed by atoms with Crippen LogP contribution in [-0.2, 0) is 34.3 Å². The smallest absolute Gasteiger partial charge is 0.875 e. The Labute approximate surface area is 211 Å². The number of ketones is 2. The van der Waals surface area contributed by atoms with Crippen LogP contribution in [0.4, 0.5) is 13.2 Å². The maximum Gasteiger partial charge on any atom is 1.00 e. The first-order chi connectivity index (χ1) is 12.5. The van der Waals surface area contributed by atoms with Gasteiger partial charge in [-0.1, -0.05) is 21.8 Å². The largest absolute Gasteiger partial charge is 1.00 e. The van der Waals surface area contributed by atoms with Gasteiger partial charge in [-0.25, -0.2) is 0 Å². The van der Waals surface area contributed by atoms with Crippen molar-refractivity contribution in [3.63, 3.8) is 0 Å². The van der Waals surface area contributed by atoms with Crippen molar-refractivity contribution in [2.24, 2.45) is 17.8 Å². The number of methoxy groups -OCH3 is 1. The molecule has 4 aliphatic rings. The zero-order chi connectivity index (χ0) is 19.9. The Balaban J connectivity index is 0. The summed E-state index contributed by atoms with van der Waals surface area (Å²) >= 11 is 0. The second kappa shape index (κ2) is 10.5. The van der Waals surface area contributed by atoms with Crippen molar-refractivity contribution in [1.29, 1.82) is 0 Å². The topological polar surface area (TPSA) is 95.1 Å². The molecule has 4 aliphatic carbocycles. The number of hydrogen-bond donors (Lipinski definition) is 1. The average Bonchev–Trinajstić information content (AvgIpc) is 3.45. The molecule has 0 saturated heterocycles. The van der Waals surface area contributed by atoms with E-state index in [0.717, 1.165) is 6.42 Å². The van der Waals surface area contributed by atoms with E-state index >= 15 is 0 Å². The third-order valence-corrected chi connectivity index (χ3v) is 6.19. The van der Waals surface area contributed by atoms with Gasteiger partial charge in [-0.3, -0.25) is 14.7 Å². The Morgan fingerprint density at radius 3 is 2.16 bits per heavy atom. The van der Waals surface area contributed by atoms with Crippen LogP contribution in [0.1, 0.15) is 69.2 Å². The monoisotopic (exact) mass is 488 g/mol. The fraction of sp³-hybridized carbons (Fsp3) is 0.619. The van der Waals surface area contributed by atoms with Crippen LogP contribution in [0.2, 0.25) is 0 Å². The van der Waals surface area contributed by atoms with Gasteiger partial charge in [-0.05, 0) is 37.2 Å². The molecule has 3 fully saturated rings. The summed E-state index contributed by atoms with van der Waals surface area (Å²) in [5, 5.41) is 16.5. The summed E-state index contributed by atoms with van der Waals surface area (Å²) < 4.78 is 42.5. The Morgan fingerprint density at radius 2 is 1.75 bits per heavy atom. The molecular weight excluding hydrogens is 459 g/mol. The van der Waals surface area contributed by atoms with Gasteiger partial charge in [-0.15, -0.1) is 5.76 Å². The molecule has 175 valence electrons. The summed E-state index contributed by atoms with van der Waals surface area (Å²) in [7, 11) is 1.54. The van der Waals surface area contributed by atoms with Crippen molar-refractivity contribution in [3.8, 4) is 0 Å². The van der Waals surface area contributed by atoms with Gasteiger partial charge in [-0.2, -0.15) is 18.3 Å². The van der Waals surface area contributed by atoms with E-state index < -0.39 is 17.5 Å². The van der Waals surface area contributed by atoms with Gasteiger partial charge in [0.15, 0.2) is 11.6 Å². The van der Waals surface area contributed by atoms with Crippen molar-refractivity contribution in [1.82, 2.24) is 10.2 Å². The molecule has 0 aliphatic heterocycles. The summed E-state index contributed by atoms with van der Waals surface area (Å²) in [5.41, 5.74) is -0.989. The Hall–Kier alpha value is -0.978. The fourth-order valence-electron chi connectivity index (χ4n) is 4.49. The van der Waals surface area contributed by atoms with E-state index in [1.165, 1.54) is 14.0 Å². The quantitative estimate of drug-likeness (QED) is 0.272. The fourth-order valence-corrected chi connectivity index (χ4v) is 4.49. The maximum absolute atomic E-state index is 12.4. The van der Waals surface area contributed by atoms with Crippen LogP contribution in [0.3, 0.4) is 0 Å². The Bertz CT molecular complexity index is 898. The first-order valence-corrected chi connectivity index (χ1v) is 8.69. The molecule has 1 unspecified atom stereocenters. The summed E-state index contributed by atoms with van der Waals surface area (Å²) in [6.07, 6.45) is -2.95. The molecule has 3 saturated carbocycles. The van der Waals surface area contributed by atoms with E-state index in [4.69, 9.17) is 4.74 Å². The molecule has 1 aromatic rings. The minimum absolute atomic E-state index is 0. The van der Waals surface area contributed by atoms with E-state index in [0.29, 0.717) is 12.0 Å². The van der Waals surface area contributed by atoms with Gasteiger partial charge < -0.3 is 17.3 Å². The minimum atomic E-state index is -4.43. The van der Waals surface area contributed by atoms with Crippen LogP contribution in [0.25, 0.3) is 0 Å². The first-order valence-electron chi connectivity index (χ1n) is 8.69. The number of aromatic nitrogens is 2. The number of aromatic amines is 1. The predicted octanol–water partition coefficient (Wildman–Crippen LogP) is 0.697. The number of nitrogens with zero attached hydrogens (tertiary/aromatic N) is 1. The third-order valence-electron chi connectivity index (χ3n) is 6.19. The molecule has 5 rings (SSSR count). The second-order valence-corrected chi connectivity index (χ2v) is 7.73. The SMILES string of the molecule is C.C.COC1(C)C(=O)/C(=C(/C)[O-])[C@H]2C[C@H]21.O=C1c2n[nH]c(C(F)(F)F)c2[C@H]2C[C@@H]12.[CH3-].[Li+].[V]. The molecule has 1 radical (unpaired) electrons. The molecule has 0 spiro atoms. The van der Waals surface area contributed by atoms with Crippen LogP contribution in [0, 0.1) is 25.2 Å². The van der Waals surface area contributed by atoms with Gasteiger partial charge in [0.05, 0.1) is 0 Å². The number of H-pyrrole nitrogens is 1. The van der Waals surface area contributed by atoms with Crippen molar-refractivity contribution < 1.29 is 70.0 Å². The van der Waals surface area contributed by atoms with E-state index in [1.54, 1.807) is 6.92 Å². The van der Waals surface area contributed by atoms with Crippen LogP contribution >= 0.6 is 0 Å². The molecule has 0 amide bonds. The Kier molecular flexibility index (Phi) is 10.9. The number of carbonyl (C=O) groups excluding carboxylic acids is 2. The molecule has 1 aromatic heterocycles. The molecule has 0 bridgehead atoms. The molecule has 0 aromatic carbocycles. The molecule has 1 heterocycles. The number of ether oxygens (including phenoxy) is 1. The number of hydrogen-bond acceptors (Lipinski definition) is 5. The number of alkyl halides is 3. The molecular formula is C21H29F3LiN2O4V-. The van der Waals surface area contributed by atoms with Gasteiger partial charge >= 0.3 is 25.0 Å². The standard InChI is InChI=1S/C10H14O3.C8H5F3N2O.2CH4.CH3.Li.V/c1-5(11)8-6-4-7(6)10(2,13-3)9(8)12;9-8(10,11)7-4-2-1-3(2)6(14)5(4)12-13-7;;;;;/h6-7,11H,4H2,1-3H3;2-3H,1H2,(H,12,13);2*1H4;1H3;;/q;;;;-1;+1;/p-1/b8-5-;;;;;;/t6-,7+,10?;2-,3+;;;;;/m00...../s1. The van der Waals surface area contributed by atoms with E-state index in [-0.39, 0.29) is 112 Å². The summed E-state index contributed by atoms with van der Waals surface area (Å²) in [4.78, 5) is 23.1. The van der Waals surface area contributed by atoms with Crippen molar-refractivity contribution in [2.45, 2.75) is 59.2 Å². The third kappa shape index (κ3) is 4.78. The normalized spacial score (nSPS) is 31.4. The predicted molar refractivity (Wildman–Crippen MR) is 103 cm³/mol. The molecule has 5 atom stereocenters. The van der Waals surface area contributed by atoms with Crippen molar-refractivity contribution in [2.75, 3.05) is 7.11 Å². The van der Waals surface area contributed by atoms with Gasteiger partial charge in [0.1, 0.15) is 17.0 Å². The molecule has 6 nitrogen and oxygen atoms in total. The van der Waals surface area contributed by atoms with Crippen LogP contribution in [0.5, 0.6) is 0 Å². The van der Waals surface area contributed by atoms with E-state index in [9.17, 15) is 27.9 Å². The molecule has 1 N–H and O–H groups in total. The zero-order valence-electron chi connectivity index (χ0n) is 17.4. The Morgan fingerprint density at radius 1 is 1.19 bits per heavy atom. The van der Waals surface area contributed by atoms with Crippen LogP contribution in [0.15, 0.2) is 11.3 Å². The van der Waals surface area contributed by atoms with E-state index in [1.807, 2.05) is 5.10 Å². The summed E-state index contributed by atoms with van der Waals surface area (Å²) in [5.74, 6) is -0.422. The zero-order valence-corrected chi connectivity index (χ0v) is 18.8. The van der Waals surface area contributed by atoms with Gasteiger partial charge in [0, 0.05) is 43.1 Å². The molecule has 32 heavy (non-hydrogen) atoms. The van der Waals surface area contributed by atoms with Gasteiger partial charge in [0.25, 0.3) is 0 Å². The number of rotatable bonds is 1. The van der Waals surface area contributed by atoms with Gasteiger partial charge in [0.2, 0.25) is 0 Å². The first kappa shape index (κ1) is 33.2. The average molecular weight is 488 g/mol. The molecule has 11 heteroatoms. The second-order valence-electron chi connectivity index (χ2n) is 7.73. The summed E-state index contributed by atoms with van der Waals surface area (Å²) in [6.45, 7) is 3.25. The number of fused-ring (bicyclic) bond motifs is 4. The number of nitrogens with one attached hydrogen (secondary N) is 1. The minimum Gasteiger partial charge on any atom is -0.875 e. The number of Topliss-reactive ketones (excluding diaryl/α,β-unsaturated/α-hetero) is 2. The van der Waals surface area contributed by atoms with Crippen molar-refractivity contribution >= 4 is 11.6 Å². The van der Waals surface area contributed by atoms with E-state index in [2.05, 4.69) is 5.10 Å². The van der Waals surface area contributed by atoms with Crippen LogP contribution in [-0.4, -0.2) is 34.5 Å². The number of halogens is 3. The summed E-state index contributed by atoms with van der Waals surface area (Å²) in [6, 6.07) is 0. The van der Waals surface area contributed by atoms with Crippen molar-refractivity contribution in [3.05, 3.63) is 35.7 Å². The number of carbonyl (C=O) groups is 2.